The van der Waals surface area contributed by atoms with E-state index < -0.39 is 0 Å². The van der Waals surface area contributed by atoms with Crippen molar-refractivity contribution in [3.63, 3.8) is 0 Å². The molecule has 1 aromatic carbocycles. The summed E-state index contributed by atoms with van der Waals surface area (Å²) in [6, 6.07) is 8.19. The van der Waals surface area contributed by atoms with Crippen LogP contribution in [0.25, 0.3) is 0 Å². The number of amides is 1. The number of H-pyrrole nitrogens is 1. The van der Waals surface area contributed by atoms with Crippen molar-refractivity contribution in [1.82, 2.24) is 20.2 Å². The molecule has 26 heavy (non-hydrogen) atoms. The Bertz CT molecular complexity index is 845. The first-order valence-electron chi connectivity index (χ1n) is 8.70. The van der Waals surface area contributed by atoms with Crippen LogP contribution in [0.15, 0.2) is 35.1 Å². The summed E-state index contributed by atoms with van der Waals surface area (Å²) in [5, 5.41) is 2.99. The van der Waals surface area contributed by atoms with Gasteiger partial charge in [-0.25, -0.2) is 9.37 Å². The number of aromatic nitrogens is 2. The van der Waals surface area contributed by atoms with Gasteiger partial charge < -0.3 is 10.3 Å². The topological polar surface area (TPSA) is 78.1 Å². The predicted octanol–water partition coefficient (Wildman–Crippen LogP) is 1.71. The molecule has 0 aliphatic heterocycles. The first kappa shape index (κ1) is 18.3. The molecule has 1 saturated carbocycles. The number of nitrogens with one attached hydrogen (secondary N) is 2. The van der Waals surface area contributed by atoms with Crippen LogP contribution in [-0.4, -0.2) is 40.4 Å². The Hall–Kier alpha value is -2.54. The van der Waals surface area contributed by atoms with Crippen molar-refractivity contribution in [1.29, 1.82) is 0 Å². The Balaban J connectivity index is 1.45. The number of likely N-dealkylation sites (N-methyl/N-ethyl adjacent to an activating group) is 1. The number of hydrogen-bond donors (Lipinski definition) is 2. The van der Waals surface area contributed by atoms with Crippen LogP contribution in [0.3, 0.4) is 0 Å². The zero-order valence-corrected chi connectivity index (χ0v) is 15.0. The lowest BCUT2D eigenvalue weighted by Gasteiger charge is -2.35. The summed E-state index contributed by atoms with van der Waals surface area (Å²) in [7, 11) is 1.79. The molecule has 1 fully saturated rings. The minimum absolute atomic E-state index is 0.0812. The summed E-state index contributed by atoms with van der Waals surface area (Å²) in [6.45, 7) is 2.34. The Labute approximate surface area is 151 Å². The molecule has 0 bridgehead atoms. The van der Waals surface area contributed by atoms with Crippen LogP contribution in [0.5, 0.6) is 0 Å². The number of halogens is 1. The molecule has 0 unspecified atom stereocenters. The van der Waals surface area contributed by atoms with Crippen LogP contribution in [0.1, 0.15) is 35.8 Å². The van der Waals surface area contributed by atoms with Gasteiger partial charge >= 0.3 is 0 Å². The standard InChI is InChI=1S/C19H23FN4O2/c1-12-21-17(9-18(25)22-12)14-7-15(8-14)23-19(26)11-24(2)10-13-5-3-4-6-16(13)20/h3-6,9,14-15H,7-8,10-11H2,1-2H3,(H,23,26)(H,21,22,25). The Kier molecular flexibility index (Phi) is 5.46. The predicted molar refractivity (Wildman–Crippen MR) is 96.2 cm³/mol. The number of aryl methyl sites for hydroxylation is 1. The summed E-state index contributed by atoms with van der Waals surface area (Å²) in [5.74, 6) is 0.469. The highest BCUT2D eigenvalue weighted by Gasteiger charge is 2.32. The molecule has 0 radical (unpaired) electrons. The Morgan fingerprint density at radius 3 is 2.81 bits per heavy atom. The van der Waals surface area contributed by atoms with Gasteiger partial charge in [0, 0.05) is 30.1 Å². The highest BCUT2D eigenvalue weighted by atomic mass is 19.1. The van der Waals surface area contributed by atoms with E-state index in [4.69, 9.17) is 0 Å². The summed E-state index contributed by atoms with van der Waals surface area (Å²) in [6.07, 6.45) is 1.55. The van der Waals surface area contributed by atoms with Crippen molar-refractivity contribution >= 4 is 5.91 Å². The number of benzene rings is 1. The maximum atomic E-state index is 13.7. The maximum absolute atomic E-state index is 13.7. The van der Waals surface area contributed by atoms with Gasteiger partial charge in [0.25, 0.3) is 5.56 Å². The van der Waals surface area contributed by atoms with E-state index in [-0.39, 0.29) is 35.8 Å². The van der Waals surface area contributed by atoms with Crippen molar-refractivity contribution in [3.8, 4) is 0 Å². The van der Waals surface area contributed by atoms with E-state index in [1.54, 1.807) is 37.1 Å². The molecule has 1 aliphatic rings. The number of rotatable bonds is 6. The largest absolute Gasteiger partial charge is 0.352 e. The number of carbonyl (C=O) groups excluding carboxylic acids is 1. The van der Waals surface area contributed by atoms with E-state index in [1.165, 1.54) is 12.1 Å². The zero-order valence-electron chi connectivity index (χ0n) is 15.0. The number of hydrogen-bond acceptors (Lipinski definition) is 4. The van der Waals surface area contributed by atoms with Crippen LogP contribution in [0.2, 0.25) is 0 Å². The Morgan fingerprint density at radius 2 is 2.12 bits per heavy atom. The van der Waals surface area contributed by atoms with Gasteiger partial charge in [0.05, 0.1) is 12.2 Å². The van der Waals surface area contributed by atoms with E-state index in [1.807, 2.05) is 0 Å². The van der Waals surface area contributed by atoms with E-state index in [9.17, 15) is 14.0 Å². The number of aromatic amines is 1. The second-order valence-electron chi connectivity index (χ2n) is 6.95. The molecule has 6 nitrogen and oxygen atoms in total. The first-order chi connectivity index (χ1) is 12.4. The monoisotopic (exact) mass is 358 g/mol. The fourth-order valence-electron chi connectivity index (χ4n) is 3.28. The third kappa shape index (κ3) is 4.54. The molecule has 2 N–H and O–H groups in total. The van der Waals surface area contributed by atoms with Gasteiger partial charge in [0.15, 0.2) is 0 Å². The third-order valence-electron chi connectivity index (χ3n) is 4.61. The molecule has 7 heteroatoms. The Morgan fingerprint density at radius 1 is 1.38 bits per heavy atom. The second kappa shape index (κ2) is 7.78. The average molecular weight is 358 g/mol. The number of carbonyl (C=O) groups is 1. The fourth-order valence-corrected chi connectivity index (χ4v) is 3.28. The van der Waals surface area contributed by atoms with E-state index in [2.05, 4.69) is 15.3 Å². The lowest BCUT2D eigenvalue weighted by atomic mass is 9.78. The first-order valence-corrected chi connectivity index (χ1v) is 8.70. The van der Waals surface area contributed by atoms with Gasteiger partial charge in [-0.05, 0) is 32.9 Å². The molecule has 0 saturated heterocycles. The van der Waals surface area contributed by atoms with Crippen LogP contribution < -0.4 is 10.9 Å². The van der Waals surface area contributed by atoms with Crippen molar-refractivity contribution < 1.29 is 9.18 Å². The van der Waals surface area contributed by atoms with E-state index in [0.717, 1.165) is 18.5 Å². The number of nitrogens with zero attached hydrogens (tertiary/aromatic N) is 2. The molecule has 0 atom stereocenters. The maximum Gasteiger partial charge on any atom is 0.251 e. The van der Waals surface area contributed by atoms with Gasteiger partial charge in [-0.3, -0.25) is 14.5 Å². The highest BCUT2D eigenvalue weighted by molar-refractivity contribution is 5.78. The van der Waals surface area contributed by atoms with Gasteiger partial charge in [0.2, 0.25) is 5.91 Å². The summed E-state index contributed by atoms with van der Waals surface area (Å²) in [4.78, 5) is 32.5. The molecular formula is C19H23FN4O2. The average Bonchev–Trinajstić information content (AvgIpc) is 2.51. The SMILES string of the molecule is Cc1nc(C2CC(NC(=O)CN(C)Cc3ccccc3F)C2)cc(=O)[nH]1. The third-order valence-corrected chi connectivity index (χ3v) is 4.61. The molecule has 138 valence electrons. The lowest BCUT2D eigenvalue weighted by molar-refractivity contribution is -0.123. The molecule has 3 rings (SSSR count). The molecular weight excluding hydrogens is 335 g/mol. The lowest BCUT2D eigenvalue weighted by Crippen LogP contribution is -2.46. The molecule has 1 aliphatic carbocycles. The molecule has 1 amide bonds. The van der Waals surface area contributed by atoms with Crippen LogP contribution in [0, 0.1) is 12.7 Å². The second-order valence-corrected chi connectivity index (χ2v) is 6.95. The quantitative estimate of drug-likeness (QED) is 0.824. The van der Waals surface area contributed by atoms with E-state index in [0.29, 0.717) is 17.9 Å². The fraction of sp³-hybridized carbons (Fsp3) is 0.421. The van der Waals surface area contributed by atoms with Crippen LogP contribution >= 0.6 is 0 Å². The van der Waals surface area contributed by atoms with Crippen molar-refractivity contribution in [2.75, 3.05) is 13.6 Å². The smallest absolute Gasteiger partial charge is 0.251 e. The van der Waals surface area contributed by atoms with Crippen LogP contribution in [-0.2, 0) is 11.3 Å². The summed E-state index contributed by atoms with van der Waals surface area (Å²) >= 11 is 0. The van der Waals surface area contributed by atoms with Gasteiger partial charge in [-0.2, -0.15) is 0 Å². The van der Waals surface area contributed by atoms with Gasteiger partial charge in [-0.15, -0.1) is 0 Å². The molecule has 0 spiro atoms. The van der Waals surface area contributed by atoms with Crippen LogP contribution in [0.4, 0.5) is 4.39 Å². The summed E-state index contributed by atoms with van der Waals surface area (Å²) < 4.78 is 13.7. The molecule has 1 aromatic heterocycles. The van der Waals surface area contributed by atoms with E-state index >= 15 is 0 Å². The zero-order chi connectivity index (χ0) is 18.7. The minimum atomic E-state index is -0.262. The minimum Gasteiger partial charge on any atom is -0.352 e. The van der Waals surface area contributed by atoms with Crippen molar-refractivity contribution in [2.45, 2.75) is 38.3 Å². The molecule has 2 aromatic rings. The highest BCUT2D eigenvalue weighted by Crippen LogP contribution is 2.35. The normalized spacial score (nSPS) is 19.2. The van der Waals surface area contributed by atoms with Gasteiger partial charge in [-0.1, -0.05) is 18.2 Å². The summed E-state index contributed by atoms with van der Waals surface area (Å²) in [5.41, 5.74) is 1.21. The van der Waals surface area contributed by atoms with Gasteiger partial charge in [0.1, 0.15) is 11.6 Å². The van der Waals surface area contributed by atoms with Crippen molar-refractivity contribution in [2.24, 2.45) is 0 Å². The van der Waals surface area contributed by atoms with Crippen molar-refractivity contribution in [3.05, 3.63) is 63.6 Å². The molecule has 1 heterocycles.